The standard InChI is InChI=1S/C36H44N8O5S/c1-23(2)32-35(47)39-30(20-26-9-6-5-7-10-26)34(46)37-14-16-43(36(48)33-24(3)38-25(4)50-33)15-13-28-22-44(42-41-28)17-18-49-29-12-8-11-27(19-29)21-31(45)40-32/h5-12,19,22-23,30,32H,13-18,20-21H2,1-4H3,(H,37,46)(H,39,47)(H,40,45)/t30-,32+/m0/s1. The summed E-state index contributed by atoms with van der Waals surface area (Å²) < 4.78 is 7.64. The molecule has 0 saturated carbocycles. The van der Waals surface area contributed by atoms with Gasteiger partial charge in [-0.1, -0.05) is 61.5 Å². The first-order valence-electron chi connectivity index (χ1n) is 16.8. The van der Waals surface area contributed by atoms with Gasteiger partial charge in [0.05, 0.1) is 29.4 Å². The molecule has 0 aliphatic carbocycles. The van der Waals surface area contributed by atoms with E-state index in [0.717, 1.165) is 16.1 Å². The van der Waals surface area contributed by atoms with Crippen LogP contribution in [0, 0.1) is 19.8 Å². The molecule has 0 radical (unpaired) electrons. The number of aryl methyl sites for hydroxylation is 2. The van der Waals surface area contributed by atoms with E-state index >= 15 is 0 Å². The van der Waals surface area contributed by atoms with Crippen LogP contribution in [-0.2, 0) is 40.2 Å². The van der Waals surface area contributed by atoms with E-state index in [2.05, 4.69) is 31.2 Å². The third-order valence-electron chi connectivity index (χ3n) is 8.32. The zero-order valence-corrected chi connectivity index (χ0v) is 29.7. The number of rotatable bonds is 4. The molecule has 0 fully saturated rings. The number of hydrogen-bond donors (Lipinski definition) is 3. The van der Waals surface area contributed by atoms with Crippen LogP contribution in [0.25, 0.3) is 0 Å². The molecule has 2 aromatic heterocycles. The van der Waals surface area contributed by atoms with E-state index in [0.29, 0.717) is 48.1 Å². The van der Waals surface area contributed by atoms with Crippen LogP contribution < -0.4 is 20.7 Å². The van der Waals surface area contributed by atoms with E-state index in [9.17, 15) is 19.2 Å². The number of carbonyl (C=O) groups excluding carboxylic acids is 4. The van der Waals surface area contributed by atoms with Gasteiger partial charge >= 0.3 is 0 Å². The number of carbonyl (C=O) groups is 4. The van der Waals surface area contributed by atoms with Gasteiger partial charge in [0.25, 0.3) is 5.91 Å². The fourth-order valence-corrected chi connectivity index (χ4v) is 6.59. The fourth-order valence-electron chi connectivity index (χ4n) is 5.71. The number of benzene rings is 2. The van der Waals surface area contributed by atoms with Gasteiger partial charge in [-0.2, -0.15) is 0 Å². The number of amides is 4. The van der Waals surface area contributed by atoms with Crippen molar-refractivity contribution < 1.29 is 23.9 Å². The molecule has 13 nitrogen and oxygen atoms in total. The Morgan fingerprint density at radius 2 is 1.80 bits per heavy atom. The molecule has 1 aliphatic rings. The highest BCUT2D eigenvalue weighted by atomic mass is 32.1. The number of fused-ring (bicyclic) bond motifs is 4. The first kappa shape index (κ1) is 36.2. The fraction of sp³-hybridized carbons (Fsp3) is 0.417. The molecule has 3 heterocycles. The average molecular weight is 701 g/mol. The number of aromatic nitrogens is 4. The Hall–Kier alpha value is -5.11. The van der Waals surface area contributed by atoms with Crippen LogP contribution >= 0.6 is 11.3 Å². The molecule has 4 bridgehead atoms. The normalized spacial score (nSPS) is 18.5. The minimum atomic E-state index is -0.927. The topological polar surface area (TPSA) is 160 Å². The van der Waals surface area contributed by atoms with Crippen LogP contribution in [0.5, 0.6) is 5.75 Å². The van der Waals surface area contributed by atoms with Crippen molar-refractivity contribution in [3.05, 3.63) is 93.2 Å². The smallest absolute Gasteiger partial charge is 0.265 e. The summed E-state index contributed by atoms with van der Waals surface area (Å²) in [4.78, 5) is 61.0. The summed E-state index contributed by atoms with van der Waals surface area (Å²) in [5.41, 5.74) is 2.96. The Bertz CT molecular complexity index is 1790. The molecule has 14 heteroatoms. The van der Waals surface area contributed by atoms with Crippen LogP contribution in [-0.4, -0.2) is 86.8 Å². The largest absolute Gasteiger partial charge is 0.492 e. The number of hydrogen-bond acceptors (Lipinski definition) is 9. The summed E-state index contributed by atoms with van der Waals surface area (Å²) in [5.74, 6) is -1.01. The summed E-state index contributed by atoms with van der Waals surface area (Å²) in [6.07, 6.45) is 2.56. The Balaban J connectivity index is 1.40. The molecule has 50 heavy (non-hydrogen) atoms. The number of thiazole rings is 1. The molecule has 264 valence electrons. The molecule has 5 rings (SSSR count). The van der Waals surface area contributed by atoms with Gasteiger partial charge in [-0.05, 0) is 43.0 Å². The third-order valence-corrected chi connectivity index (χ3v) is 9.38. The van der Waals surface area contributed by atoms with Crippen LogP contribution in [0.2, 0.25) is 0 Å². The summed E-state index contributed by atoms with van der Waals surface area (Å²) in [7, 11) is 0. The second-order valence-corrected chi connectivity index (χ2v) is 13.9. The lowest BCUT2D eigenvalue weighted by molar-refractivity contribution is -0.132. The summed E-state index contributed by atoms with van der Waals surface area (Å²) >= 11 is 1.34. The maximum atomic E-state index is 13.7. The molecule has 0 spiro atoms. The summed E-state index contributed by atoms with van der Waals surface area (Å²) in [6.45, 7) is 8.83. The molecule has 4 aromatic rings. The van der Waals surface area contributed by atoms with E-state index in [4.69, 9.17) is 4.74 Å². The minimum Gasteiger partial charge on any atom is -0.492 e. The predicted molar refractivity (Wildman–Crippen MR) is 189 cm³/mol. The highest BCUT2D eigenvalue weighted by Gasteiger charge is 2.29. The molecule has 3 N–H and O–H groups in total. The Morgan fingerprint density at radius 3 is 2.54 bits per heavy atom. The van der Waals surface area contributed by atoms with Gasteiger partial charge in [0.2, 0.25) is 17.7 Å². The zero-order chi connectivity index (χ0) is 35.6. The molecule has 0 unspecified atom stereocenters. The van der Waals surface area contributed by atoms with Gasteiger partial charge in [0.15, 0.2) is 0 Å². The molecule has 0 saturated heterocycles. The second-order valence-electron chi connectivity index (χ2n) is 12.7. The first-order chi connectivity index (χ1) is 24.0. The van der Waals surface area contributed by atoms with E-state index in [1.807, 2.05) is 82.4 Å². The van der Waals surface area contributed by atoms with Crippen molar-refractivity contribution in [1.82, 2.24) is 40.8 Å². The van der Waals surface area contributed by atoms with Crippen LogP contribution in [0.3, 0.4) is 0 Å². The first-order valence-corrected chi connectivity index (χ1v) is 17.6. The molecule has 2 atom stereocenters. The minimum absolute atomic E-state index is 0.0455. The summed E-state index contributed by atoms with van der Waals surface area (Å²) in [5, 5.41) is 18.0. The van der Waals surface area contributed by atoms with E-state index < -0.39 is 23.9 Å². The Kier molecular flexibility index (Phi) is 12.3. The molecule has 4 amide bonds. The van der Waals surface area contributed by atoms with Crippen molar-refractivity contribution in [3.8, 4) is 5.75 Å². The van der Waals surface area contributed by atoms with E-state index in [1.165, 1.54) is 11.3 Å². The van der Waals surface area contributed by atoms with Crippen molar-refractivity contribution in [2.75, 3.05) is 26.2 Å². The lowest BCUT2D eigenvalue weighted by Gasteiger charge is -2.26. The van der Waals surface area contributed by atoms with Crippen molar-refractivity contribution in [2.24, 2.45) is 5.92 Å². The zero-order valence-electron chi connectivity index (χ0n) is 28.8. The number of ether oxygens (including phenoxy) is 1. The van der Waals surface area contributed by atoms with Crippen LogP contribution in [0.4, 0.5) is 0 Å². The highest BCUT2D eigenvalue weighted by molar-refractivity contribution is 7.13. The lowest BCUT2D eigenvalue weighted by Crippen LogP contribution is -2.56. The van der Waals surface area contributed by atoms with Gasteiger partial charge in [-0.15, -0.1) is 16.4 Å². The van der Waals surface area contributed by atoms with Gasteiger partial charge in [-0.25, -0.2) is 9.67 Å². The van der Waals surface area contributed by atoms with Gasteiger partial charge in [-0.3, -0.25) is 19.2 Å². The van der Waals surface area contributed by atoms with E-state index in [1.54, 1.807) is 15.6 Å². The molecular formula is C36H44N8O5S. The van der Waals surface area contributed by atoms with Crippen molar-refractivity contribution in [1.29, 1.82) is 0 Å². The highest BCUT2D eigenvalue weighted by Crippen LogP contribution is 2.20. The Morgan fingerprint density at radius 1 is 1.00 bits per heavy atom. The number of nitrogens with one attached hydrogen (secondary N) is 3. The SMILES string of the molecule is Cc1nc(C)c(C(=O)N2CCNC(=O)[C@H](Cc3ccccc3)NC(=O)[C@@H](C(C)C)NC(=O)Cc3cccc(c3)OCCn3cc(nn3)CC2)s1. The lowest BCUT2D eigenvalue weighted by atomic mass is 10.0. The molecular weight excluding hydrogens is 657 g/mol. The number of nitrogens with zero attached hydrogens (tertiary/aromatic N) is 5. The van der Waals surface area contributed by atoms with Crippen molar-refractivity contribution >= 4 is 35.0 Å². The van der Waals surface area contributed by atoms with Gasteiger partial charge in [0.1, 0.15) is 29.3 Å². The van der Waals surface area contributed by atoms with Gasteiger partial charge in [0, 0.05) is 38.7 Å². The average Bonchev–Trinajstić information content (AvgIpc) is 3.69. The molecule has 1 aliphatic heterocycles. The van der Waals surface area contributed by atoms with Crippen molar-refractivity contribution in [3.63, 3.8) is 0 Å². The summed E-state index contributed by atoms with van der Waals surface area (Å²) in [6, 6.07) is 14.8. The second kappa shape index (κ2) is 17.0. The van der Waals surface area contributed by atoms with Crippen LogP contribution in [0.1, 0.15) is 51.0 Å². The van der Waals surface area contributed by atoms with Crippen molar-refractivity contribution in [2.45, 2.75) is 65.6 Å². The third kappa shape index (κ3) is 9.97. The van der Waals surface area contributed by atoms with E-state index in [-0.39, 0.29) is 43.7 Å². The quantitative estimate of drug-likeness (QED) is 0.293. The molecule has 2 aromatic carbocycles. The maximum Gasteiger partial charge on any atom is 0.265 e. The maximum absolute atomic E-state index is 13.7. The monoisotopic (exact) mass is 700 g/mol. The van der Waals surface area contributed by atoms with Crippen LogP contribution in [0.15, 0.2) is 60.8 Å². The Labute approximate surface area is 295 Å². The van der Waals surface area contributed by atoms with Gasteiger partial charge < -0.3 is 25.6 Å². The predicted octanol–water partition coefficient (Wildman–Crippen LogP) is 2.66.